The Bertz CT molecular complexity index is 517. The average molecular weight is 284 g/mol. The number of carbonyl (C=O) groups is 1. The summed E-state index contributed by atoms with van der Waals surface area (Å²) in [6.07, 6.45) is 1.60. The van der Waals surface area contributed by atoms with Crippen LogP contribution in [0.4, 0.5) is 10.1 Å². The lowest BCUT2D eigenvalue weighted by atomic mass is 10.1. The van der Waals surface area contributed by atoms with Gasteiger partial charge in [-0.15, -0.1) is 0 Å². The smallest absolute Gasteiger partial charge is 0.285 e. The summed E-state index contributed by atoms with van der Waals surface area (Å²) in [5, 5.41) is 10.9. The molecule has 0 aliphatic heterocycles. The first-order chi connectivity index (χ1) is 9.38. The molecule has 0 unspecified atom stereocenters. The standard InChI is InChI=1S/C13H17FN2O4/c1-4-5-6-20-12-7-9(13(17)15(2)3)11(16(18)19)8-10(12)14/h7-8H,4-6H2,1-3H3. The molecule has 0 spiro atoms. The highest BCUT2D eigenvalue weighted by molar-refractivity contribution is 5.98. The second-order valence-electron chi connectivity index (χ2n) is 4.46. The number of nitro groups is 1. The highest BCUT2D eigenvalue weighted by Gasteiger charge is 2.25. The van der Waals surface area contributed by atoms with Crippen molar-refractivity contribution in [3.05, 3.63) is 33.6 Å². The first-order valence-corrected chi connectivity index (χ1v) is 6.20. The van der Waals surface area contributed by atoms with E-state index in [0.717, 1.165) is 25.0 Å². The molecule has 0 bridgehead atoms. The van der Waals surface area contributed by atoms with Crippen molar-refractivity contribution in [1.82, 2.24) is 4.90 Å². The van der Waals surface area contributed by atoms with E-state index in [9.17, 15) is 19.3 Å². The molecule has 0 radical (unpaired) electrons. The maximum atomic E-state index is 13.7. The molecule has 1 aromatic carbocycles. The van der Waals surface area contributed by atoms with Crippen LogP contribution in [0.1, 0.15) is 30.1 Å². The van der Waals surface area contributed by atoms with Gasteiger partial charge in [0, 0.05) is 20.2 Å². The van der Waals surface area contributed by atoms with Gasteiger partial charge in [-0.25, -0.2) is 4.39 Å². The van der Waals surface area contributed by atoms with Crippen molar-refractivity contribution in [2.75, 3.05) is 20.7 Å². The van der Waals surface area contributed by atoms with Crippen LogP contribution in [0.2, 0.25) is 0 Å². The Morgan fingerprint density at radius 2 is 2.10 bits per heavy atom. The molecule has 7 heteroatoms. The molecular weight excluding hydrogens is 267 g/mol. The van der Waals surface area contributed by atoms with Crippen molar-refractivity contribution in [2.24, 2.45) is 0 Å². The van der Waals surface area contributed by atoms with E-state index < -0.39 is 22.3 Å². The minimum absolute atomic E-state index is 0.144. The molecule has 6 nitrogen and oxygen atoms in total. The predicted octanol–water partition coefficient (Wildman–Crippen LogP) is 2.61. The molecule has 1 aromatic rings. The predicted molar refractivity (Wildman–Crippen MR) is 71.5 cm³/mol. The fourth-order valence-electron chi connectivity index (χ4n) is 1.54. The van der Waals surface area contributed by atoms with Gasteiger partial charge >= 0.3 is 0 Å². The summed E-state index contributed by atoms with van der Waals surface area (Å²) < 4.78 is 18.9. The number of hydrogen-bond donors (Lipinski definition) is 0. The SMILES string of the molecule is CCCCOc1cc(C(=O)N(C)C)c([N+](=O)[O-])cc1F. The zero-order valence-electron chi connectivity index (χ0n) is 11.7. The van der Waals surface area contributed by atoms with Gasteiger partial charge in [-0.2, -0.15) is 0 Å². The lowest BCUT2D eigenvalue weighted by Gasteiger charge is -2.13. The first-order valence-electron chi connectivity index (χ1n) is 6.20. The van der Waals surface area contributed by atoms with E-state index in [4.69, 9.17) is 4.74 Å². The quantitative estimate of drug-likeness (QED) is 0.457. The van der Waals surface area contributed by atoms with E-state index in [2.05, 4.69) is 0 Å². The summed E-state index contributed by atoms with van der Waals surface area (Å²) in [5.41, 5.74) is -0.753. The lowest BCUT2D eigenvalue weighted by Crippen LogP contribution is -2.23. The number of nitro benzene ring substituents is 1. The van der Waals surface area contributed by atoms with Gasteiger partial charge in [0.2, 0.25) is 0 Å². The molecule has 20 heavy (non-hydrogen) atoms. The fraction of sp³-hybridized carbons (Fsp3) is 0.462. The van der Waals surface area contributed by atoms with Crippen molar-refractivity contribution >= 4 is 11.6 Å². The normalized spacial score (nSPS) is 10.2. The molecule has 0 saturated heterocycles. The zero-order valence-corrected chi connectivity index (χ0v) is 11.7. The summed E-state index contributed by atoms with van der Waals surface area (Å²) in [4.78, 5) is 23.2. The van der Waals surface area contributed by atoms with Crippen LogP contribution in [0.3, 0.4) is 0 Å². The third-order valence-corrected chi connectivity index (χ3v) is 2.64. The Balaban J connectivity index is 3.20. The Morgan fingerprint density at radius 3 is 2.60 bits per heavy atom. The van der Waals surface area contributed by atoms with E-state index in [1.165, 1.54) is 19.0 Å². The second kappa shape index (κ2) is 6.83. The molecule has 110 valence electrons. The fourth-order valence-corrected chi connectivity index (χ4v) is 1.54. The van der Waals surface area contributed by atoms with Gasteiger partial charge < -0.3 is 9.64 Å². The summed E-state index contributed by atoms with van der Waals surface area (Å²) in [6, 6.07) is 1.81. The number of unbranched alkanes of at least 4 members (excludes halogenated alkanes) is 1. The van der Waals surface area contributed by atoms with Gasteiger partial charge in [0.1, 0.15) is 5.56 Å². The number of benzene rings is 1. The minimum Gasteiger partial charge on any atom is -0.490 e. The number of hydrogen-bond acceptors (Lipinski definition) is 4. The molecule has 1 rings (SSSR count). The van der Waals surface area contributed by atoms with Crippen LogP contribution in [0, 0.1) is 15.9 Å². The molecule has 0 saturated carbocycles. The Hall–Kier alpha value is -2.18. The van der Waals surface area contributed by atoms with Gasteiger partial charge in [0.05, 0.1) is 17.6 Å². The number of rotatable bonds is 6. The Labute approximate surface area is 116 Å². The maximum absolute atomic E-state index is 13.7. The van der Waals surface area contributed by atoms with Crippen molar-refractivity contribution in [1.29, 1.82) is 0 Å². The Kier molecular flexibility index (Phi) is 5.42. The topological polar surface area (TPSA) is 72.7 Å². The van der Waals surface area contributed by atoms with Crippen LogP contribution in [0.5, 0.6) is 5.75 Å². The van der Waals surface area contributed by atoms with E-state index in [1.54, 1.807) is 0 Å². The first kappa shape index (κ1) is 15.9. The van der Waals surface area contributed by atoms with Crippen molar-refractivity contribution in [2.45, 2.75) is 19.8 Å². The highest BCUT2D eigenvalue weighted by Crippen LogP contribution is 2.28. The summed E-state index contributed by atoms with van der Waals surface area (Å²) in [7, 11) is 2.93. The molecule has 0 aliphatic carbocycles. The van der Waals surface area contributed by atoms with Crippen LogP contribution < -0.4 is 4.74 Å². The number of amides is 1. The molecule has 0 fully saturated rings. The summed E-state index contributed by atoms with van der Waals surface area (Å²) >= 11 is 0. The maximum Gasteiger partial charge on any atom is 0.285 e. The number of carbonyl (C=O) groups excluding carboxylic acids is 1. The summed E-state index contributed by atoms with van der Waals surface area (Å²) in [5.74, 6) is -1.56. The number of ether oxygens (including phenoxy) is 1. The van der Waals surface area contributed by atoms with Crippen LogP contribution in [-0.2, 0) is 0 Å². The van der Waals surface area contributed by atoms with E-state index >= 15 is 0 Å². The van der Waals surface area contributed by atoms with Crippen LogP contribution in [0.25, 0.3) is 0 Å². The largest absolute Gasteiger partial charge is 0.490 e. The van der Waals surface area contributed by atoms with Gasteiger partial charge in [0.15, 0.2) is 11.6 Å². The van der Waals surface area contributed by atoms with Gasteiger partial charge in [-0.1, -0.05) is 13.3 Å². The van der Waals surface area contributed by atoms with E-state index in [-0.39, 0.29) is 11.3 Å². The molecule has 0 atom stereocenters. The zero-order chi connectivity index (χ0) is 15.3. The molecule has 1 amide bonds. The van der Waals surface area contributed by atoms with E-state index in [1.807, 2.05) is 6.92 Å². The summed E-state index contributed by atoms with van der Waals surface area (Å²) in [6.45, 7) is 2.25. The van der Waals surface area contributed by atoms with Crippen molar-refractivity contribution in [3.63, 3.8) is 0 Å². The average Bonchev–Trinajstić information content (AvgIpc) is 2.39. The molecule has 0 aromatic heterocycles. The highest BCUT2D eigenvalue weighted by atomic mass is 19.1. The molecule has 0 aliphatic rings. The number of halogens is 1. The monoisotopic (exact) mass is 284 g/mol. The molecule has 0 heterocycles. The van der Waals surface area contributed by atoms with Crippen molar-refractivity contribution in [3.8, 4) is 5.75 Å². The van der Waals surface area contributed by atoms with E-state index in [0.29, 0.717) is 6.61 Å². The van der Waals surface area contributed by atoms with Crippen molar-refractivity contribution < 1.29 is 18.8 Å². The lowest BCUT2D eigenvalue weighted by molar-refractivity contribution is -0.385. The number of nitrogens with zero attached hydrogens (tertiary/aromatic N) is 2. The van der Waals surface area contributed by atoms with Gasteiger partial charge in [0.25, 0.3) is 11.6 Å². The molecule has 0 N–H and O–H groups in total. The van der Waals surface area contributed by atoms with Crippen LogP contribution in [0.15, 0.2) is 12.1 Å². The van der Waals surface area contributed by atoms with Gasteiger partial charge in [-0.05, 0) is 6.42 Å². The minimum atomic E-state index is -0.844. The van der Waals surface area contributed by atoms with Crippen LogP contribution >= 0.6 is 0 Å². The third-order valence-electron chi connectivity index (χ3n) is 2.64. The molecular formula is C13H17FN2O4. The Morgan fingerprint density at radius 1 is 1.45 bits per heavy atom. The third kappa shape index (κ3) is 3.66. The van der Waals surface area contributed by atoms with Gasteiger partial charge in [-0.3, -0.25) is 14.9 Å². The van der Waals surface area contributed by atoms with Crippen LogP contribution in [-0.4, -0.2) is 36.4 Å². The second-order valence-corrected chi connectivity index (χ2v) is 4.46.